The molecule has 0 aromatic heterocycles. The van der Waals surface area contributed by atoms with Crippen LogP contribution in [0.3, 0.4) is 0 Å². The van der Waals surface area contributed by atoms with Crippen LogP contribution in [0.2, 0.25) is 0 Å². The second kappa shape index (κ2) is 6.40. The highest BCUT2D eigenvalue weighted by Crippen LogP contribution is 2.21. The third kappa shape index (κ3) is 4.56. The van der Waals surface area contributed by atoms with Gasteiger partial charge in [-0.2, -0.15) is 13.2 Å². The van der Waals surface area contributed by atoms with E-state index in [4.69, 9.17) is 5.11 Å². The minimum absolute atomic E-state index is 0.281. The number of rotatable bonds is 5. The molecular weight excluding hydrogens is 275 g/mol. The van der Waals surface area contributed by atoms with Gasteiger partial charge in [0, 0.05) is 13.1 Å². The van der Waals surface area contributed by atoms with Crippen molar-refractivity contribution in [1.82, 2.24) is 4.90 Å². The molecule has 20 heavy (non-hydrogen) atoms. The average Bonchev–Trinajstić information content (AvgIpc) is 2.37. The van der Waals surface area contributed by atoms with Gasteiger partial charge in [-0.3, -0.25) is 9.59 Å². The lowest BCUT2D eigenvalue weighted by Gasteiger charge is -2.25. The predicted octanol–water partition coefficient (Wildman–Crippen LogP) is 2.30. The van der Waals surface area contributed by atoms with Gasteiger partial charge in [-0.15, -0.1) is 0 Å². The molecule has 1 atom stereocenters. The highest BCUT2D eigenvalue weighted by molar-refractivity contribution is 5.82. The fourth-order valence-corrected chi connectivity index (χ4v) is 1.61. The number of nitrogens with zero attached hydrogens (tertiary/aromatic N) is 1. The lowest BCUT2D eigenvalue weighted by molar-refractivity contribution is -0.187. The molecule has 1 unspecified atom stereocenters. The van der Waals surface area contributed by atoms with Crippen LogP contribution in [0.5, 0.6) is 0 Å². The van der Waals surface area contributed by atoms with Gasteiger partial charge in [0.25, 0.3) is 0 Å². The number of hydrogen-bond acceptors (Lipinski definition) is 2. The van der Waals surface area contributed by atoms with Crippen LogP contribution in [0.15, 0.2) is 30.3 Å². The Balaban J connectivity index is 2.90. The predicted molar refractivity (Wildman–Crippen MR) is 64.7 cm³/mol. The highest BCUT2D eigenvalue weighted by Gasteiger charge is 2.43. The smallest absolute Gasteiger partial charge is 0.471 e. The minimum atomic E-state index is -5.02. The normalized spacial score (nSPS) is 12.8. The lowest BCUT2D eigenvalue weighted by Crippen LogP contribution is -2.43. The van der Waals surface area contributed by atoms with Crippen LogP contribution in [-0.2, 0) is 16.1 Å². The van der Waals surface area contributed by atoms with Crippen molar-refractivity contribution < 1.29 is 27.9 Å². The van der Waals surface area contributed by atoms with Crippen molar-refractivity contribution in [3.8, 4) is 0 Å². The number of carboxylic acids is 1. The summed E-state index contributed by atoms with van der Waals surface area (Å²) >= 11 is 0. The highest BCUT2D eigenvalue weighted by atomic mass is 19.4. The number of alkyl halides is 3. The molecule has 1 aromatic rings. The van der Waals surface area contributed by atoms with E-state index in [-0.39, 0.29) is 6.54 Å². The second-order valence-corrected chi connectivity index (χ2v) is 4.41. The van der Waals surface area contributed by atoms with Crippen molar-refractivity contribution in [2.75, 3.05) is 6.54 Å². The van der Waals surface area contributed by atoms with Gasteiger partial charge in [-0.1, -0.05) is 37.3 Å². The molecule has 0 saturated carbocycles. The molecule has 0 saturated heterocycles. The maximum atomic E-state index is 12.5. The summed E-state index contributed by atoms with van der Waals surface area (Å²) in [5.41, 5.74) is 0.502. The van der Waals surface area contributed by atoms with Gasteiger partial charge in [-0.25, -0.2) is 0 Å². The molecule has 1 N–H and O–H groups in total. The third-order valence-corrected chi connectivity index (χ3v) is 2.66. The zero-order valence-electron chi connectivity index (χ0n) is 10.7. The summed E-state index contributed by atoms with van der Waals surface area (Å²) in [7, 11) is 0. The van der Waals surface area contributed by atoms with E-state index in [2.05, 4.69) is 0 Å². The van der Waals surface area contributed by atoms with Gasteiger partial charge in [0.2, 0.25) is 0 Å². The summed E-state index contributed by atoms with van der Waals surface area (Å²) < 4.78 is 37.5. The molecule has 0 aliphatic rings. The van der Waals surface area contributed by atoms with Crippen molar-refractivity contribution in [2.24, 2.45) is 5.92 Å². The number of amides is 1. The monoisotopic (exact) mass is 289 g/mol. The molecule has 1 aromatic carbocycles. The number of halogens is 3. The summed E-state index contributed by atoms with van der Waals surface area (Å²) in [6.07, 6.45) is -5.02. The summed E-state index contributed by atoms with van der Waals surface area (Å²) in [5.74, 6) is -4.36. The Hall–Kier alpha value is -2.05. The van der Waals surface area contributed by atoms with Gasteiger partial charge in [0.05, 0.1) is 5.92 Å². The van der Waals surface area contributed by atoms with E-state index in [1.165, 1.54) is 6.92 Å². The van der Waals surface area contributed by atoms with E-state index in [0.29, 0.717) is 10.5 Å². The van der Waals surface area contributed by atoms with Crippen LogP contribution in [0.4, 0.5) is 13.2 Å². The Labute approximate surface area is 113 Å². The van der Waals surface area contributed by atoms with Crippen molar-refractivity contribution in [2.45, 2.75) is 19.6 Å². The van der Waals surface area contributed by atoms with E-state index in [1.807, 2.05) is 0 Å². The van der Waals surface area contributed by atoms with Crippen LogP contribution in [-0.4, -0.2) is 34.6 Å². The first-order valence-corrected chi connectivity index (χ1v) is 5.84. The van der Waals surface area contributed by atoms with Crippen LogP contribution in [0, 0.1) is 5.92 Å². The summed E-state index contributed by atoms with van der Waals surface area (Å²) in [6.45, 7) is 0.476. The maximum Gasteiger partial charge on any atom is 0.471 e. The number of carbonyl (C=O) groups excluding carboxylic acids is 1. The number of carbonyl (C=O) groups is 2. The standard InChI is InChI=1S/C13H14F3NO3/c1-9(11(18)19)7-17(12(20)13(14,15)16)8-10-5-3-2-4-6-10/h2-6,9H,7-8H2,1H3,(H,18,19). The molecule has 1 rings (SSSR count). The van der Waals surface area contributed by atoms with E-state index in [9.17, 15) is 22.8 Å². The van der Waals surface area contributed by atoms with Gasteiger partial charge < -0.3 is 10.0 Å². The molecule has 7 heteroatoms. The molecule has 4 nitrogen and oxygen atoms in total. The first-order valence-electron chi connectivity index (χ1n) is 5.84. The number of carboxylic acid groups (broad SMARTS) is 1. The SMILES string of the molecule is CC(CN(Cc1ccccc1)C(=O)C(F)(F)F)C(=O)O. The van der Waals surface area contributed by atoms with E-state index < -0.39 is 30.5 Å². The minimum Gasteiger partial charge on any atom is -0.481 e. The zero-order chi connectivity index (χ0) is 15.3. The number of aliphatic carboxylic acids is 1. The van der Waals surface area contributed by atoms with Crippen molar-refractivity contribution in [3.05, 3.63) is 35.9 Å². The Kier molecular flexibility index (Phi) is 5.12. The van der Waals surface area contributed by atoms with Crippen molar-refractivity contribution in [1.29, 1.82) is 0 Å². The third-order valence-electron chi connectivity index (χ3n) is 2.66. The summed E-state index contributed by atoms with van der Waals surface area (Å²) in [4.78, 5) is 22.6. The Morgan fingerprint density at radius 2 is 1.80 bits per heavy atom. The average molecular weight is 289 g/mol. The first-order chi connectivity index (χ1) is 9.21. The summed E-state index contributed by atoms with van der Waals surface area (Å²) in [5, 5.41) is 8.76. The maximum absolute atomic E-state index is 12.5. The summed E-state index contributed by atoms with van der Waals surface area (Å²) in [6, 6.07) is 8.10. The van der Waals surface area contributed by atoms with Crippen LogP contribution >= 0.6 is 0 Å². The number of benzene rings is 1. The van der Waals surface area contributed by atoms with Crippen molar-refractivity contribution in [3.63, 3.8) is 0 Å². The molecular formula is C13H14F3NO3. The fourth-order valence-electron chi connectivity index (χ4n) is 1.61. The van der Waals surface area contributed by atoms with Gasteiger partial charge in [0.1, 0.15) is 0 Å². The fraction of sp³-hybridized carbons (Fsp3) is 0.385. The quantitative estimate of drug-likeness (QED) is 0.905. The van der Waals surface area contributed by atoms with E-state index in [0.717, 1.165) is 0 Å². The molecule has 0 bridgehead atoms. The molecule has 0 fully saturated rings. The Bertz CT molecular complexity index is 473. The Morgan fingerprint density at radius 1 is 1.25 bits per heavy atom. The molecule has 0 radical (unpaired) electrons. The Morgan fingerprint density at radius 3 is 2.25 bits per heavy atom. The van der Waals surface area contributed by atoms with Crippen LogP contribution in [0.25, 0.3) is 0 Å². The second-order valence-electron chi connectivity index (χ2n) is 4.41. The molecule has 110 valence electrons. The van der Waals surface area contributed by atoms with Gasteiger partial charge in [0.15, 0.2) is 0 Å². The largest absolute Gasteiger partial charge is 0.481 e. The van der Waals surface area contributed by atoms with E-state index >= 15 is 0 Å². The van der Waals surface area contributed by atoms with Crippen LogP contribution in [0.1, 0.15) is 12.5 Å². The molecule has 0 aliphatic carbocycles. The first kappa shape index (κ1) is 16.0. The molecule has 0 heterocycles. The van der Waals surface area contributed by atoms with E-state index in [1.54, 1.807) is 30.3 Å². The zero-order valence-corrected chi connectivity index (χ0v) is 10.7. The lowest BCUT2D eigenvalue weighted by atomic mass is 10.1. The van der Waals surface area contributed by atoms with Gasteiger partial charge >= 0.3 is 18.1 Å². The van der Waals surface area contributed by atoms with Crippen LogP contribution < -0.4 is 0 Å². The van der Waals surface area contributed by atoms with Gasteiger partial charge in [-0.05, 0) is 5.56 Å². The van der Waals surface area contributed by atoms with Crippen molar-refractivity contribution >= 4 is 11.9 Å². The molecule has 0 aliphatic heterocycles. The number of hydrogen-bond donors (Lipinski definition) is 1. The topological polar surface area (TPSA) is 57.6 Å². The molecule has 1 amide bonds. The molecule has 0 spiro atoms.